The Labute approximate surface area is 197 Å². The number of likely N-dealkylation sites (tertiary alicyclic amines) is 1. The number of ether oxygens (including phenoxy) is 1. The number of fused-ring (bicyclic) bond motifs is 3. The predicted octanol–water partition coefficient (Wildman–Crippen LogP) is 2.07. The van der Waals surface area contributed by atoms with E-state index < -0.39 is 29.6 Å². The van der Waals surface area contributed by atoms with Gasteiger partial charge >= 0.3 is 5.97 Å². The lowest BCUT2D eigenvalue weighted by Crippen LogP contribution is -2.59. The van der Waals surface area contributed by atoms with Crippen molar-refractivity contribution in [2.24, 2.45) is 5.73 Å². The highest BCUT2D eigenvalue weighted by atomic mass is 16.6. The first kappa shape index (κ1) is 22.2. The van der Waals surface area contributed by atoms with Crippen LogP contribution >= 0.6 is 0 Å². The molecular formula is C26H27N4O4+. The Morgan fingerprint density at radius 1 is 1.09 bits per heavy atom. The SMILES string of the molecule is C[N+]1(C(C(N)=O)c2cccnn2)CCC[C@@H](OC(=O)C2(O)c3ccccc3-c3ccccc32)C1. The summed E-state index contributed by atoms with van der Waals surface area (Å²) < 4.78 is 6.21. The molecular weight excluding hydrogens is 432 g/mol. The van der Waals surface area contributed by atoms with Crippen molar-refractivity contribution in [2.45, 2.75) is 30.6 Å². The highest BCUT2D eigenvalue weighted by molar-refractivity contribution is 5.96. The van der Waals surface area contributed by atoms with Crippen LogP contribution in [0.2, 0.25) is 0 Å². The van der Waals surface area contributed by atoms with Crippen LogP contribution in [0.4, 0.5) is 0 Å². The molecule has 34 heavy (non-hydrogen) atoms. The van der Waals surface area contributed by atoms with Gasteiger partial charge < -0.3 is 20.1 Å². The molecule has 174 valence electrons. The smallest absolute Gasteiger partial charge is 0.348 e. The first-order valence-corrected chi connectivity index (χ1v) is 11.4. The molecule has 2 aliphatic rings. The zero-order chi connectivity index (χ0) is 23.9. The van der Waals surface area contributed by atoms with E-state index in [2.05, 4.69) is 10.2 Å². The van der Waals surface area contributed by atoms with E-state index in [0.717, 1.165) is 17.5 Å². The van der Waals surface area contributed by atoms with E-state index in [0.29, 0.717) is 36.3 Å². The zero-order valence-electron chi connectivity index (χ0n) is 18.9. The molecule has 3 atom stereocenters. The van der Waals surface area contributed by atoms with Crippen molar-refractivity contribution in [2.75, 3.05) is 20.1 Å². The summed E-state index contributed by atoms with van der Waals surface area (Å²) in [5.74, 6) is -1.22. The summed E-state index contributed by atoms with van der Waals surface area (Å²) in [5.41, 5.74) is 7.06. The Morgan fingerprint density at radius 2 is 1.74 bits per heavy atom. The third kappa shape index (κ3) is 3.46. The molecule has 1 saturated heterocycles. The quantitative estimate of drug-likeness (QED) is 0.446. The molecule has 0 radical (unpaired) electrons. The second kappa shape index (κ2) is 8.30. The van der Waals surface area contributed by atoms with Crippen LogP contribution in [-0.2, 0) is 19.9 Å². The van der Waals surface area contributed by atoms with E-state index in [1.807, 2.05) is 31.3 Å². The Bertz CT molecular complexity index is 1200. The van der Waals surface area contributed by atoms with E-state index in [1.54, 1.807) is 42.6 Å². The Morgan fingerprint density at radius 3 is 2.32 bits per heavy atom. The van der Waals surface area contributed by atoms with Crippen molar-refractivity contribution in [1.29, 1.82) is 0 Å². The van der Waals surface area contributed by atoms with Gasteiger partial charge in [0.15, 0.2) is 6.10 Å². The van der Waals surface area contributed by atoms with Crippen molar-refractivity contribution in [3.05, 3.63) is 83.7 Å². The molecule has 8 heteroatoms. The number of likely N-dealkylation sites (N-methyl/N-ethyl adjacent to an activating group) is 1. The third-order valence-corrected chi connectivity index (χ3v) is 7.07. The monoisotopic (exact) mass is 459 g/mol. The van der Waals surface area contributed by atoms with Gasteiger partial charge in [-0.25, -0.2) is 4.79 Å². The van der Waals surface area contributed by atoms with E-state index in [1.165, 1.54) is 0 Å². The predicted molar refractivity (Wildman–Crippen MR) is 124 cm³/mol. The lowest BCUT2D eigenvalue weighted by Gasteiger charge is -2.44. The first-order valence-electron chi connectivity index (χ1n) is 11.4. The summed E-state index contributed by atoms with van der Waals surface area (Å²) in [4.78, 5) is 26.0. The van der Waals surface area contributed by atoms with E-state index in [-0.39, 0.29) is 4.48 Å². The molecule has 1 aliphatic heterocycles. The van der Waals surface area contributed by atoms with Crippen LogP contribution in [0.25, 0.3) is 11.1 Å². The summed E-state index contributed by atoms with van der Waals surface area (Å²) in [6, 6.07) is 17.4. The number of hydrogen-bond donors (Lipinski definition) is 2. The lowest BCUT2D eigenvalue weighted by atomic mass is 9.91. The molecule has 8 nitrogen and oxygen atoms in total. The maximum absolute atomic E-state index is 13.6. The molecule has 0 spiro atoms. The fraction of sp³-hybridized carbons (Fsp3) is 0.308. The molecule has 2 unspecified atom stereocenters. The average molecular weight is 460 g/mol. The summed E-state index contributed by atoms with van der Waals surface area (Å²) in [6.45, 7) is 1.05. The lowest BCUT2D eigenvalue weighted by molar-refractivity contribution is -0.937. The van der Waals surface area contributed by atoms with E-state index in [4.69, 9.17) is 10.5 Å². The number of benzene rings is 2. The van der Waals surface area contributed by atoms with Gasteiger partial charge in [0.2, 0.25) is 11.6 Å². The highest BCUT2D eigenvalue weighted by Gasteiger charge is 2.51. The number of carbonyl (C=O) groups excluding carboxylic acids is 2. The number of primary amides is 1. The minimum absolute atomic E-state index is 0.248. The number of nitrogens with two attached hydrogens (primary N) is 1. The molecule has 2 heterocycles. The molecule has 2 aromatic carbocycles. The topological polar surface area (TPSA) is 115 Å². The standard InChI is InChI=1S/C26H26N4O4/c1-30(23(24(27)31)22-13-6-14-28-29-22)15-7-8-17(16-30)34-25(32)26(33)20-11-4-2-9-18(20)19-10-3-5-12-21(19)26/h2-6,9-14,17,23,33H,7-8,15-16H2,1H3,(H-,27,31)/p+1/t17-,23?,30?/m1/s1. The van der Waals surface area contributed by atoms with Crippen molar-refractivity contribution in [3.8, 4) is 11.1 Å². The van der Waals surface area contributed by atoms with Gasteiger partial charge in [-0.05, 0) is 29.7 Å². The van der Waals surface area contributed by atoms with Crippen LogP contribution in [0.5, 0.6) is 0 Å². The van der Waals surface area contributed by atoms with E-state index >= 15 is 0 Å². The Kier molecular flexibility index (Phi) is 5.42. The number of amides is 1. The normalized spacial score (nSPS) is 23.4. The molecule has 0 bridgehead atoms. The van der Waals surface area contributed by atoms with Crippen LogP contribution in [0.15, 0.2) is 66.9 Å². The first-order chi connectivity index (χ1) is 16.3. The minimum atomic E-state index is -1.89. The largest absolute Gasteiger partial charge is 0.454 e. The summed E-state index contributed by atoms with van der Waals surface area (Å²) in [5, 5.41) is 19.7. The van der Waals surface area contributed by atoms with Crippen molar-refractivity contribution < 1.29 is 23.9 Å². The summed E-state index contributed by atoms with van der Waals surface area (Å²) in [6.07, 6.45) is 2.41. The number of quaternary nitrogens is 1. The number of aliphatic hydroxyl groups is 1. The van der Waals surface area contributed by atoms with Gasteiger partial charge in [-0.1, -0.05) is 48.5 Å². The fourth-order valence-electron chi connectivity index (χ4n) is 5.56. The molecule has 3 N–H and O–H groups in total. The number of piperidine rings is 1. The number of esters is 1. The fourth-order valence-corrected chi connectivity index (χ4v) is 5.56. The molecule has 1 fully saturated rings. The van der Waals surface area contributed by atoms with E-state index in [9.17, 15) is 14.7 Å². The number of rotatable bonds is 5. The van der Waals surface area contributed by atoms with Crippen LogP contribution in [0, 0.1) is 0 Å². The average Bonchev–Trinajstić information content (AvgIpc) is 3.10. The Balaban J connectivity index is 1.43. The van der Waals surface area contributed by atoms with Crippen LogP contribution < -0.4 is 5.73 Å². The van der Waals surface area contributed by atoms with Gasteiger partial charge in [-0.2, -0.15) is 5.10 Å². The van der Waals surface area contributed by atoms with Gasteiger partial charge in [0.1, 0.15) is 12.2 Å². The second-order valence-electron chi connectivity index (χ2n) is 9.31. The van der Waals surface area contributed by atoms with Gasteiger partial charge in [-0.15, -0.1) is 5.10 Å². The van der Waals surface area contributed by atoms with Crippen molar-refractivity contribution in [3.63, 3.8) is 0 Å². The maximum Gasteiger partial charge on any atom is 0.348 e. The van der Waals surface area contributed by atoms with Gasteiger partial charge in [0, 0.05) is 23.7 Å². The molecule has 1 aromatic heterocycles. The second-order valence-corrected chi connectivity index (χ2v) is 9.31. The highest BCUT2D eigenvalue weighted by Crippen LogP contribution is 2.48. The zero-order valence-corrected chi connectivity index (χ0v) is 18.9. The van der Waals surface area contributed by atoms with Crippen molar-refractivity contribution >= 4 is 11.9 Å². The van der Waals surface area contributed by atoms with Crippen LogP contribution in [0.1, 0.15) is 35.7 Å². The maximum atomic E-state index is 13.6. The minimum Gasteiger partial charge on any atom is -0.454 e. The van der Waals surface area contributed by atoms with Crippen molar-refractivity contribution in [1.82, 2.24) is 10.2 Å². The number of hydrogen-bond acceptors (Lipinski definition) is 6. The molecule has 0 saturated carbocycles. The number of aromatic nitrogens is 2. The van der Waals surface area contributed by atoms with Gasteiger partial charge in [-0.3, -0.25) is 4.79 Å². The third-order valence-electron chi connectivity index (χ3n) is 7.07. The summed E-state index contributed by atoms with van der Waals surface area (Å²) >= 11 is 0. The number of nitrogens with zero attached hydrogens (tertiary/aromatic N) is 3. The molecule has 1 aliphatic carbocycles. The summed E-state index contributed by atoms with van der Waals surface area (Å²) in [7, 11) is 1.92. The number of carbonyl (C=O) groups is 2. The van der Waals surface area contributed by atoms with Gasteiger partial charge in [0.25, 0.3) is 5.91 Å². The van der Waals surface area contributed by atoms with Gasteiger partial charge in [0.05, 0.1) is 13.6 Å². The van der Waals surface area contributed by atoms with Crippen LogP contribution in [-0.4, -0.2) is 57.9 Å². The van der Waals surface area contributed by atoms with Crippen LogP contribution in [0.3, 0.4) is 0 Å². The molecule has 3 aromatic rings. The molecule has 1 amide bonds. The Hall–Kier alpha value is -3.62. The molecule has 5 rings (SSSR count).